The second kappa shape index (κ2) is 5.32. The van der Waals surface area contributed by atoms with Crippen LogP contribution in [0.5, 0.6) is 0 Å². The summed E-state index contributed by atoms with van der Waals surface area (Å²) in [5.74, 6) is 0. The van der Waals surface area contributed by atoms with Crippen molar-refractivity contribution in [2.45, 2.75) is 12.2 Å². The summed E-state index contributed by atoms with van der Waals surface area (Å²) < 4.78 is 38.2. The van der Waals surface area contributed by atoms with E-state index in [1.54, 1.807) is 0 Å². The van der Waals surface area contributed by atoms with Crippen LogP contribution in [0.25, 0.3) is 10.2 Å². The van der Waals surface area contributed by atoms with Crippen LogP contribution >= 0.6 is 11.3 Å². The van der Waals surface area contributed by atoms with Crippen molar-refractivity contribution in [1.29, 1.82) is 0 Å². The third kappa shape index (κ3) is 3.14. The normalized spacial score (nSPS) is 12.3. The Morgan fingerprint density at radius 1 is 1.26 bits per heavy atom. The third-order valence-electron chi connectivity index (χ3n) is 2.48. The second-order valence-electron chi connectivity index (χ2n) is 3.91. The molecule has 0 aliphatic carbocycles. The van der Waals surface area contributed by atoms with Crippen LogP contribution in [0, 0.1) is 0 Å². The first-order valence-electron chi connectivity index (χ1n) is 5.40. The van der Waals surface area contributed by atoms with E-state index in [1.165, 1.54) is 6.07 Å². The maximum Gasteiger partial charge on any atom is 0.416 e. The average Bonchev–Trinajstić information content (AvgIpc) is 2.76. The van der Waals surface area contributed by atoms with Gasteiger partial charge >= 0.3 is 6.18 Å². The number of anilines is 1. The van der Waals surface area contributed by atoms with E-state index in [-0.39, 0.29) is 18.7 Å². The summed E-state index contributed by atoms with van der Waals surface area (Å²) in [6.45, 7) is -0.583. The number of fused-ring (bicyclic) bond motifs is 1. The molecule has 104 valence electrons. The number of hydrogen-bond donors (Lipinski definition) is 3. The lowest BCUT2D eigenvalue weighted by Crippen LogP contribution is -2.27. The Kier molecular flexibility index (Phi) is 3.93. The number of thiazole rings is 1. The van der Waals surface area contributed by atoms with E-state index in [0.717, 1.165) is 23.5 Å². The lowest BCUT2D eigenvalue weighted by Gasteiger charge is -2.11. The molecule has 0 aliphatic heterocycles. The monoisotopic (exact) mass is 292 g/mol. The van der Waals surface area contributed by atoms with E-state index in [0.29, 0.717) is 9.83 Å². The SMILES string of the molecule is OCC(CO)Nc1nc2cc(C(F)(F)F)ccc2s1. The molecular weight excluding hydrogens is 281 g/mol. The highest BCUT2D eigenvalue weighted by molar-refractivity contribution is 7.22. The second-order valence-corrected chi connectivity index (χ2v) is 4.94. The zero-order chi connectivity index (χ0) is 14.0. The maximum atomic E-state index is 12.5. The van der Waals surface area contributed by atoms with Crippen LogP contribution in [0.3, 0.4) is 0 Å². The van der Waals surface area contributed by atoms with Gasteiger partial charge in [0.05, 0.1) is 35.0 Å². The fourth-order valence-corrected chi connectivity index (χ4v) is 2.41. The van der Waals surface area contributed by atoms with Gasteiger partial charge in [-0.05, 0) is 18.2 Å². The summed E-state index contributed by atoms with van der Waals surface area (Å²) in [5, 5.41) is 21.0. The average molecular weight is 292 g/mol. The molecule has 0 saturated heterocycles. The zero-order valence-electron chi connectivity index (χ0n) is 9.61. The van der Waals surface area contributed by atoms with Crippen LogP contribution < -0.4 is 5.32 Å². The van der Waals surface area contributed by atoms with Crippen LogP contribution in [0.2, 0.25) is 0 Å². The molecule has 0 unspecified atom stereocenters. The minimum Gasteiger partial charge on any atom is -0.394 e. The highest BCUT2D eigenvalue weighted by Crippen LogP contribution is 2.34. The lowest BCUT2D eigenvalue weighted by molar-refractivity contribution is -0.137. The topological polar surface area (TPSA) is 65.4 Å². The van der Waals surface area contributed by atoms with Crippen molar-refractivity contribution in [2.24, 2.45) is 0 Å². The van der Waals surface area contributed by atoms with Gasteiger partial charge in [-0.2, -0.15) is 13.2 Å². The van der Waals surface area contributed by atoms with E-state index >= 15 is 0 Å². The van der Waals surface area contributed by atoms with Gasteiger partial charge in [-0.1, -0.05) is 11.3 Å². The summed E-state index contributed by atoms with van der Waals surface area (Å²) in [6.07, 6.45) is -4.40. The number of halogens is 3. The molecule has 2 rings (SSSR count). The van der Waals surface area contributed by atoms with Gasteiger partial charge in [-0.3, -0.25) is 0 Å². The van der Waals surface area contributed by atoms with Gasteiger partial charge in [0.2, 0.25) is 0 Å². The quantitative estimate of drug-likeness (QED) is 0.807. The van der Waals surface area contributed by atoms with Crippen LogP contribution in [0.1, 0.15) is 5.56 Å². The van der Waals surface area contributed by atoms with Gasteiger partial charge < -0.3 is 15.5 Å². The van der Waals surface area contributed by atoms with Crippen LogP contribution in [0.15, 0.2) is 18.2 Å². The Morgan fingerprint density at radius 3 is 2.53 bits per heavy atom. The van der Waals surface area contributed by atoms with Crippen LogP contribution in [0.4, 0.5) is 18.3 Å². The highest BCUT2D eigenvalue weighted by atomic mass is 32.1. The molecule has 2 aromatic rings. The van der Waals surface area contributed by atoms with Crippen molar-refractivity contribution < 1.29 is 23.4 Å². The van der Waals surface area contributed by atoms with Crippen molar-refractivity contribution in [3.05, 3.63) is 23.8 Å². The molecule has 3 N–H and O–H groups in total. The summed E-state index contributed by atoms with van der Waals surface area (Å²) in [4.78, 5) is 4.01. The van der Waals surface area contributed by atoms with Crippen LogP contribution in [-0.2, 0) is 6.18 Å². The predicted octanol–water partition coefficient (Wildman–Crippen LogP) is 2.08. The number of nitrogens with zero attached hydrogens (tertiary/aromatic N) is 1. The number of hydrogen-bond acceptors (Lipinski definition) is 5. The summed E-state index contributed by atoms with van der Waals surface area (Å²) in [5.41, 5.74) is -0.519. The standard InChI is InChI=1S/C11H11F3N2O2S/c12-11(13,14)6-1-2-9-8(3-6)16-10(19-9)15-7(4-17)5-18/h1-3,7,17-18H,4-5H2,(H,15,16). The first-order valence-corrected chi connectivity index (χ1v) is 6.21. The number of nitrogens with one attached hydrogen (secondary N) is 1. The molecule has 0 radical (unpaired) electrons. The minimum atomic E-state index is -4.40. The number of rotatable bonds is 4. The van der Waals surface area contributed by atoms with Crippen molar-refractivity contribution >= 4 is 26.7 Å². The van der Waals surface area contributed by atoms with Gasteiger partial charge in [-0.15, -0.1) is 0 Å². The zero-order valence-corrected chi connectivity index (χ0v) is 10.4. The molecule has 0 atom stereocenters. The number of aliphatic hydroxyl groups excluding tert-OH is 2. The summed E-state index contributed by atoms with van der Waals surface area (Å²) in [6, 6.07) is 2.75. The Bertz CT molecular complexity index is 567. The number of benzene rings is 1. The van der Waals surface area contributed by atoms with Crippen LogP contribution in [-0.4, -0.2) is 34.5 Å². The predicted molar refractivity (Wildman–Crippen MR) is 66.2 cm³/mol. The number of alkyl halides is 3. The summed E-state index contributed by atoms with van der Waals surface area (Å²) >= 11 is 1.16. The third-order valence-corrected chi connectivity index (χ3v) is 3.45. The van der Waals surface area contributed by atoms with Crippen molar-refractivity contribution in [3.63, 3.8) is 0 Å². The Morgan fingerprint density at radius 2 is 1.95 bits per heavy atom. The summed E-state index contributed by atoms with van der Waals surface area (Å²) in [7, 11) is 0. The molecule has 4 nitrogen and oxygen atoms in total. The molecule has 0 bridgehead atoms. The molecular formula is C11H11F3N2O2S. The molecule has 1 aromatic heterocycles. The molecule has 19 heavy (non-hydrogen) atoms. The molecule has 0 amide bonds. The molecule has 1 aromatic carbocycles. The fourth-order valence-electron chi connectivity index (χ4n) is 1.49. The molecule has 0 saturated carbocycles. The molecule has 0 spiro atoms. The minimum absolute atomic E-state index is 0.233. The Balaban J connectivity index is 2.30. The Labute approximate surface area is 110 Å². The molecule has 0 fully saturated rings. The van der Waals surface area contributed by atoms with E-state index in [1.807, 2.05) is 0 Å². The molecule has 0 aliphatic rings. The fraction of sp³-hybridized carbons (Fsp3) is 0.364. The lowest BCUT2D eigenvalue weighted by atomic mass is 10.2. The first-order chi connectivity index (χ1) is 8.94. The van der Waals surface area contributed by atoms with Gasteiger partial charge in [0.15, 0.2) is 5.13 Å². The number of aromatic nitrogens is 1. The maximum absolute atomic E-state index is 12.5. The van der Waals surface area contributed by atoms with Crippen molar-refractivity contribution in [3.8, 4) is 0 Å². The number of aliphatic hydroxyl groups is 2. The van der Waals surface area contributed by atoms with Gasteiger partial charge in [-0.25, -0.2) is 4.98 Å². The Hall–Kier alpha value is -1.38. The van der Waals surface area contributed by atoms with E-state index in [9.17, 15) is 13.2 Å². The van der Waals surface area contributed by atoms with Crippen molar-refractivity contribution in [2.75, 3.05) is 18.5 Å². The van der Waals surface area contributed by atoms with Gasteiger partial charge in [0.25, 0.3) is 0 Å². The smallest absolute Gasteiger partial charge is 0.394 e. The van der Waals surface area contributed by atoms with E-state index < -0.39 is 17.8 Å². The van der Waals surface area contributed by atoms with Crippen molar-refractivity contribution in [1.82, 2.24) is 4.98 Å². The molecule has 8 heteroatoms. The first kappa shape index (κ1) is 14.0. The van der Waals surface area contributed by atoms with E-state index in [2.05, 4.69) is 10.3 Å². The van der Waals surface area contributed by atoms with Gasteiger partial charge in [0, 0.05) is 0 Å². The highest BCUT2D eigenvalue weighted by Gasteiger charge is 2.30. The van der Waals surface area contributed by atoms with Gasteiger partial charge in [0.1, 0.15) is 0 Å². The molecule has 1 heterocycles. The largest absolute Gasteiger partial charge is 0.416 e. The van der Waals surface area contributed by atoms with E-state index in [4.69, 9.17) is 10.2 Å².